The van der Waals surface area contributed by atoms with Crippen LogP contribution in [-0.4, -0.2) is 56.1 Å². The SMILES string of the molecule is CC1=C[C@H]2[C@@]3(O)[C@H](C)C[C@@]4(OC(=O)Cc5ccccc5)N=NC(C)(C)[C@H]4[C@@H]3C=C(CO)C[C@]2(O)C1=O. The molecule has 0 amide bonds. The number of aliphatic hydroxyl groups excluding tert-OH is 1. The molecule has 0 spiro atoms. The molecule has 0 unspecified atom stereocenters. The van der Waals surface area contributed by atoms with Crippen LogP contribution in [-0.2, 0) is 20.7 Å². The van der Waals surface area contributed by atoms with Crippen molar-refractivity contribution in [1.82, 2.24) is 0 Å². The van der Waals surface area contributed by atoms with Gasteiger partial charge in [-0.05, 0) is 43.4 Å². The van der Waals surface area contributed by atoms with Crippen LogP contribution >= 0.6 is 0 Å². The maximum Gasteiger partial charge on any atom is 0.312 e. The number of Topliss-reactive ketones (excluding diaryl/α,β-unsaturated/α-hetero) is 1. The molecular formula is C28H34N2O6. The Morgan fingerprint density at radius 2 is 1.83 bits per heavy atom. The van der Waals surface area contributed by atoms with E-state index in [0.717, 1.165) is 5.56 Å². The number of hydrogen-bond donors (Lipinski definition) is 3. The van der Waals surface area contributed by atoms with Crippen molar-refractivity contribution in [3.05, 3.63) is 59.2 Å². The molecule has 4 aliphatic rings. The van der Waals surface area contributed by atoms with Crippen molar-refractivity contribution in [2.75, 3.05) is 6.61 Å². The van der Waals surface area contributed by atoms with Crippen molar-refractivity contribution in [3.8, 4) is 0 Å². The minimum absolute atomic E-state index is 0.0745. The van der Waals surface area contributed by atoms with Crippen LogP contribution in [0, 0.1) is 23.7 Å². The summed E-state index contributed by atoms with van der Waals surface area (Å²) in [7, 11) is 0. The van der Waals surface area contributed by atoms with Gasteiger partial charge in [0, 0.05) is 24.7 Å². The monoisotopic (exact) mass is 494 g/mol. The maximum atomic E-state index is 13.1. The summed E-state index contributed by atoms with van der Waals surface area (Å²) in [4.78, 5) is 26.2. The molecule has 0 aromatic heterocycles. The van der Waals surface area contributed by atoms with Gasteiger partial charge in [0.05, 0.1) is 30.1 Å². The highest BCUT2D eigenvalue weighted by Crippen LogP contribution is 2.63. The van der Waals surface area contributed by atoms with Crippen LogP contribution in [0.25, 0.3) is 0 Å². The maximum absolute atomic E-state index is 13.1. The quantitative estimate of drug-likeness (QED) is 0.436. The van der Waals surface area contributed by atoms with Gasteiger partial charge in [0.25, 0.3) is 0 Å². The summed E-state index contributed by atoms with van der Waals surface area (Å²) in [5, 5.41) is 43.4. The molecule has 5 rings (SSSR count). The van der Waals surface area contributed by atoms with Gasteiger partial charge in [-0.2, -0.15) is 5.11 Å². The Hall–Kier alpha value is -2.68. The van der Waals surface area contributed by atoms with E-state index in [1.807, 2.05) is 51.1 Å². The molecule has 1 heterocycles. The van der Waals surface area contributed by atoms with Gasteiger partial charge in [-0.25, -0.2) is 0 Å². The van der Waals surface area contributed by atoms with Crippen LogP contribution in [0.2, 0.25) is 0 Å². The number of aliphatic hydroxyl groups is 3. The van der Waals surface area contributed by atoms with E-state index in [9.17, 15) is 24.9 Å². The Morgan fingerprint density at radius 3 is 2.50 bits per heavy atom. The van der Waals surface area contributed by atoms with Crippen LogP contribution in [0.15, 0.2) is 63.9 Å². The fourth-order valence-electron chi connectivity index (χ4n) is 7.26. The second-order valence-electron chi connectivity index (χ2n) is 11.6. The van der Waals surface area contributed by atoms with Gasteiger partial charge in [0.1, 0.15) is 5.60 Å². The van der Waals surface area contributed by atoms with Gasteiger partial charge in [0.2, 0.25) is 5.72 Å². The molecule has 7 atom stereocenters. The Balaban J connectivity index is 1.60. The number of rotatable bonds is 4. The highest BCUT2D eigenvalue weighted by Gasteiger charge is 2.72. The number of hydrogen-bond acceptors (Lipinski definition) is 8. The predicted molar refractivity (Wildman–Crippen MR) is 131 cm³/mol. The minimum Gasteiger partial charge on any atom is -0.435 e. The number of carbonyl (C=O) groups is 2. The minimum atomic E-state index is -1.85. The molecule has 8 nitrogen and oxygen atoms in total. The molecule has 3 N–H and O–H groups in total. The van der Waals surface area contributed by atoms with Crippen molar-refractivity contribution >= 4 is 11.8 Å². The number of ketones is 1. The van der Waals surface area contributed by atoms with Gasteiger partial charge >= 0.3 is 5.97 Å². The third-order valence-corrected chi connectivity index (χ3v) is 8.78. The average Bonchev–Trinajstić information content (AvgIpc) is 3.17. The number of ether oxygens (including phenoxy) is 1. The van der Waals surface area contributed by atoms with Crippen LogP contribution in [0.4, 0.5) is 0 Å². The Bertz CT molecular complexity index is 1190. The first kappa shape index (κ1) is 25.0. The zero-order valence-electron chi connectivity index (χ0n) is 21.1. The van der Waals surface area contributed by atoms with E-state index in [0.29, 0.717) is 11.1 Å². The van der Waals surface area contributed by atoms with Crippen molar-refractivity contribution in [2.24, 2.45) is 33.9 Å². The van der Waals surface area contributed by atoms with Gasteiger partial charge in [-0.1, -0.05) is 49.4 Å². The van der Waals surface area contributed by atoms with E-state index >= 15 is 0 Å². The Morgan fingerprint density at radius 1 is 1.14 bits per heavy atom. The first-order chi connectivity index (χ1) is 16.9. The summed E-state index contributed by atoms with van der Waals surface area (Å²) >= 11 is 0. The molecule has 0 radical (unpaired) electrons. The zero-order valence-corrected chi connectivity index (χ0v) is 21.1. The van der Waals surface area contributed by atoms with E-state index in [4.69, 9.17) is 4.74 Å². The third-order valence-electron chi connectivity index (χ3n) is 8.78. The second kappa shape index (κ2) is 8.16. The fourth-order valence-corrected chi connectivity index (χ4v) is 7.26. The normalized spacial score (nSPS) is 40.5. The highest BCUT2D eigenvalue weighted by atomic mass is 16.6. The lowest BCUT2D eigenvalue weighted by Crippen LogP contribution is -2.67. The van der Waals surface area contributed by atoms with Crippen molar-refractivity contribution < 1.29 is 29.6 Å². The molecule has 8 heteroatoms. The topological polar surface area (TPSA) is 129 Å². The lowest BCUT2D eigenvalue weighted by molar-refractivity contribution is -0.225. The molecule has 0 bridgehead atoms. The van der Waals surface area contributed by atoms with Crippen molar-refractivity contribution in [3.63, 3.8) is 0 Å². The Kier molecular flexibility index (Phi) is 5.67. The van der Waals surface area contributed by atoms with Gasteiger partial charge < -0.3 is 20.1 Å². The van der Waals surface area contributed by atoms with Gasteiger partial charge in [-0.3, -0.25) is 9.59 Å². The first-order valence-corrected chi connectivity index (χ1v) is 12.6. The number of azo groups is 1. The third kappa shape index (κ3) is 3.45. The molecule has 1 aromatic carbocycles. The van der Waals surface area contributed by atoms with Crippen LogP contribution < -0.4 is 0 Å². The molecule has 36 heavy (non-hydrogen) atoms. The number of esters is 1. The number of benzene rings is 1. The van der Waals surface area contributed by atoms with Crippen LogP contribution in [0.1, 0.15) is 46.1 Å². The van der Waals surface area contributed by atoms with Crippen LogP contribution in [0.5, 0.6) is 0 Å². The molecule has 1 aliphatic heterocycles. The summed E-state index contributed by atoms with van der Waals surface area (Å²) in [6.07, 6.45) is 3.63. The lowest BCUT2D eigenvalue weighted by atomic mass is 9.52. The number of nitrogens with zero attached hydrogens (tertiary/aromatic N) is 2. The van der Waals surface area contributed by atoms with E-state index in [-0.39, 0.29) is 25.9 Å². The number of fused-ring (bicyclic) bond motifs is 5. The summed E-state index contributed by atoms with van der Waals surface area (Å²) in [5.74, 6) is -3.53. The van der Waals surface area contributed by atoms with Gasteiger partial charge in [0.15, 0.2) is 5.78 Å². The molecule has 1 saturated carbocycles. The van der Waals surface area contributed by atoms with Crippen molar-refractivity contribution in [2.45, 2.75) is 69.4 Å². The standard InChI is InChI=1S/C28H34N2O6/c1-16-10-21-26(34,24(16)33)14-19(15-31)11-20-23-25(3,4)29-30-27(23,13-17(2)28(20,21)35)36-22(32)12-18-8-6-5-7-9-18/h5-11,17,20-21,23,31,34-35H,12-15H2,1-4H3/t17-,20+,21-,23-,26-,27+,28-/m1/s1. The van der Waals surface area contributed by atoms with E-state index in [2.05, 4.69) is 10.2 Å². The largest absolute Gasteiger partial charge is 0.435 e. The highest BCUT2D eigenvalue weighted by molar-refractivity contribution is 6.04. The summed E-state index contributed by atoms with van der Waals surface area (Å²) in [6, 6.07) is 9.30. The molecule has 192 valence electrons. The predicted octanol–water partition coefficient (Wildman–Crippen LogP) is 2.92. The average molecular weight is 495 g/mol. The lowest BCUT2D eigenvalue weighted by Gasteiger charge is -2.56. The molecular weight excluding hydrogens is 460 g/mol. The number of carbonyl (C=O) groups excluding carboxylic acids is 2. The summed E-state index contributed by atoms with van der Waals surface area (Å²) < 4.78 is 6.15. The second-order valence-corrected chi connectivity index (χ2v) is 11.6. The molecule has 1 fully saturated rings. The fraction of sp³-hybridized carbons (Fsp3) is 0.571. The van der Waals surface area contributed by atoms with E-state index in [1.165, 1.54) is 0 Å². The van der Waals surface area contributed by atoms with E-state index in [1.54, 1.807) is 19.1 Å². The molecule has 0 saturated heterocycles. The summed E-state index contributed by atoms with van der Waals surface area (Å²) in [5.41, 5.74) is -3.85. The van der Waals surface area contributed by atoms with Crippen molar-refractivity contribution in [1.29, 1.82) is 0 Å². The molecule has 1 aromatic rings. The smallest absolute Gasteiger partial charge is 0.312 e. The molecule has 3 aliphatic carbocycles. The first-order valence-electron chi connectivity index (χ1n) is 12.6. The van der Waals surface area contributed by atoms with Crippen LogP contribution in [0.3, 0.4) is 0 Å². The zero-order chi connectivity index (χ0) is 26.1. The Labute approximate surface area is 210 Å². The van der Waals surface area contributed by atoms with Gasteiger partial charge in [-0.15, -0.1) is 5.11 Å². The summed E-state index contributed by atoms with van der Waals surface area (Å²) in [6.45, 7) is 6.87. The van der Waals surface area contributed by atoms with E-state index < -0.39 is 57.9 Å².